The van der Waals surface area contributed by atoms with Crippen molar-refractivity contribution in [2.45, 2.75) is 39.3 Å². The van der Waals surface area contributed by atoms with Gasteiger partial charge in [-0.1, -0.05) is 36.7 Å². The van der Waals surface area contributed by atoms with Crippen LogP contribution in [0.25, 0.3) is 11.0 Å². The molecule has 3 rings (SSSR count). The summed E-state index contributed by atoms with van der Waals surface area (Å²) in [4.78, 5) is 4.69. The van der Waals surface area contributed by atoms with Crippen LogP contribution in [0.5, 0.6) is 5.75 Å². The molecule has 0 aliphatic heterocycles. The molecule has 0 bridgehead atoms. The molecule has 0 amide bonds. The standard InChI is InChI=1S/C20H23ClN2O2/c1-3-6-20-22-17-7-4-5-8-18(17)23(20)12-15(24)13-25-19-11-14(2)9-10-16(19)21/h4-5,7-11,15,24H,3,6,12-13H2,1-2H3. The Hall–Kier alpha value is -2.04. The van der Waals surface area contributed by atoms with Crippen molar-refractivity contribution in [2.24, 2.45) is 0 Å². The fourth-order valence-corrected chi connectivity index (χ4v) is 3.09. The molecule has 1 heterocycles. The van der Waals surface area contributed by atoms with Crippen molar-refractivity contribution >= 4 is 22.6 Å². The summed E-state index contributed by atoms with van der Waals surface area (Å²) in [5.41, 5.74) is 3.07. The lowest BCUT2D eigenvalue weighted by Crippen LogP contribution is -2.24. The highest BCUT2D eigenvalue weighted by molar-refractivity contribution is 6.32. The van der Waals surface area contributed by atoms with E-state index in [4.69, 9.17) is 16.3 Å². The summed E-state index contributed by atoms with van der Waals surface area (Å²) in [6.07, 6.45) is 1.24. The van der Waals surface area contributed by atoms with Gasteiger partial charge in [-0.2, -0.15) is 0 Å². The summed E-state index contributed by atoms with van der Waals surface area (Å²) in [5.74, 6) is 1.60. The van der Waals surface area contributed by atoms with E-state index in [1.807, 2.05) is 43.3 Å². The molecule has 132 valence electrons. The van der Waals surface area contributed by atoms with E-state index in [-0.39, 0.29) is 6.61 Å². The van der Waals surface area contributed by atoms with Crippen LogP contribution < -0.4 is 4.74 Å². The predicted octanol–water partition coefficient (Wildman–Crippen LogP) is 4.39. The average molecular weight is 359 g/mol. The van der Waals surface area contributed by atoms with Crippen molar-refractivity contribution < 1.29 is 9.84 Å². The van der Waals surface area contributed by atoms with Crippen molar-refractivity contribution in [3.05, 3.63) is 58.9 Å². The Balaban J connectivity index is 1.74. The van der Waals surface area contributed by atoms with E-state index in [2.05, 4.69) is 16.5 Å². The molecule has 1 atom stereocenters. The minimum absolute atomic E-state index is 0.182. The predicted molar refractivity (Wildman–Crippen MR) is 101 cm³/mol. The maximum absolute atomic E-state index is 10.5. The van der Waals surface area contributed by atoms with E-state index < -0.39 is 6.10 Å². The molecular weight excluding hydrogens is 336 g/mol. The van der Waals surface area contributed by atoms with Gasteiger partial charge in [-0.3, -0.25) is 0 Å². The molecule has 5 heteroatoms. The van der Waals surface area contributed by atoms with Crippen LogP contribution in [-0.2, 0) is 13.0 Å². The Morgan fingerprint density at radius 2 is 2.04 bits per heavy atom. The summed E-state index contributed by atoms with van der Waals surface area (Å²) in [6, 6.07) is 13.6. The van der Waals surface area contributed by atoms with Crippen molar-refractivity contribution in [1.29, 1.82) is 0 Å². The molecule has 2 aromatic carbocycles. The van der Waals surface area contributed by atoms with Gasteiger partial charge in [0.25, 0.3) is 0 Å². The molecule has 0 spiro atoms. The number of hydrogen-bond donors (Lipinski definition) is 1. The van der Waals surface area contributed by atoms with Crippen molar-refractivity contribution in [1.82, 2.24) is 9.55 Å². The molecule has 0 saturated carbocycles. The van der Waals surface area contributed by atoms with Gasteiger partial charge in [0.2, 0.25) is 0 Å². The smallest absolute Gasteiger partial charge is 0.138 e. The first-order valence-electron chi connectivity index (χ1n) is 8.59. The van der Waals surface area contributed by atoms with E-state index in [1.54, 1.807) is 6.07 Å². The van der Waals surface area contributed by atoms with Crippen LogP contribution in [0.1, 0.15) is 24.7 Å². The summed E-state index contributed by atoms with van der Waals surface area (Å²) >= 11 is 6.15. The summed E-state index contributed by atoms with van der Waals surface area (Å²) in [6.45, 7) is 4.73. The van der Waals surface area contributed by atoms with E-state index in [9.17, 15) is 5.11 Å². The van der Waals surface area contributed by atoms with Crippen molar-refractivity contribution in [3.63, 3.8) is 0 Å². The number of fused-ring (bicyclic) bond motifs is 1. The Morgan fingerprint density at radius 3 is 2.84 bits per heavy atom. The number of aliphatic hydroxyl groups excluding tert-OH is 1. The first-order valence-corrected chi connectivity index (χ1v) is 8.97. The molecule has 25 heavy (non-hydrogen) atoms. The second kappa shape index (κ2) is 7.89. The van der Waals surface area contributed by atoms with Crippen molar-refractivity contribution in [2.75, 3.05) is 6.61 Å². The molecule has 1 aromatic heterocycles. The van der Waals surface area contributed by atoms with Gasteiger partial charge in [0.1, 0.15) is 24.3 Å². The lowest BCUT2D eigenvalue weighted by atomic mass is 10.2. The van der Waals surface area contributed by atoms with Crippen LogP contribution >= 0.6 is 11.6 Å². The average Bonchev–Trinajstić information content (AvgIpc) is 2.94. The van der Waals surface area contributed by atoms with Crippen LogP contribution in [0.15, 0.2) is 42.5 Å². The van der Waals surface area contributed by atoms with Gasteiger partial charge in [0, 0.05) is 6.42 Å². The number of nitrogens with zero attached hydrogens (tertiary/aromatic N) is 2. The van der Waals surface area contributed by atoms with Crippen LogP contribution in [0.3, 0.4) is 0 Å². The molecule has 1 N–H and O–H groups in total. The van der Waals surface area contributed by atoms with Crippen LogP contribution in [0, 0.1) is 6.92 Å². The number of hydrogen-bond acceptors (Lipinski definition) is 3. The van der Waals surface area contributed by atoms with Gasteiger partial charge in [-0.25, -0.2) is 4.98 Å². The monoisotopic (exact) mass is 358 g/mol. The zero-order valence-electron chi connectivity index (χ0n) is 14.6. The summed E-state index contributed by atoms with van der Waals surface area (Å²) in [5, 5.41) is 11.0. The molecule has 4 nitrogen and oxygen atoms in total. The first-order chi connectivity index (χ1) is 12.1. The van der Waals surface area contributed by atoms with Crippen LogP contribution in [-0.4, -0.2) is 27.4 Å². The van der Waals surface area contributed by atoms with Gasteiger partial charge < -0.3 is 14.4 Å². The Kier molecular flexibility index (Phi) is 5.61. The highest BCUT2D eigenvalue weighted by Gasteiger charge is 2.14. The van der Waals surface area contributed by atoms with E-state index >= 15 is 0 Å². The van der Waals surface area contributed by atoms with Gasteiger partial charge in [-0.05, 0) is 43.2 Å². The molecule has 3 aromatic rings. The number of aryl methyl sites for hydroxylation is 2. The fraction of sp³-hybridized carbons (Fsp3) is 0.350. The SMILES string of the molecule is CCCc1nc2ccccc2n1CC(O)COc1cc(C)ccc1Cl. The largest absolute Gasteiger partial charge is 0.489 e. The Labute approximate surface area is 153 Å². The third-order valence-electron chi connectivity index (χ3n) is 4.12. The second-order valence-corrected chi connectivity index (χ2v) is 6.68. The third-order valence-corrected chi connectivity index (χ3v) is 4.43. The normalized spacial score (nSPS) is 12.5. The lowest BCUT2D eigenvalue weighted by molar-refractivity contribution is 0.0927. The Bertz CT molecular complexity index is 860. The topological polar surface area (TPSA) is 47.3 Å². The minimum atomic E-state index is -0.648. The Morgan fingerprint density at radius 1 is 1.24 bits per heavy atom. The summed E-state index contributed by atoms with van der Waals surface area (Å²) < 4.78 is 7.81. The number of imidazole rings is 1. The molecule has 0 aliphatic rings. The van der Waals surface area contributed by atoms with Gasteiger partial charge in [-0.15, -0.1) is 0 Å². The van der Waals surface area contributed by atoms with E-state index in [1.165, 1.54) is 0 Å². The number of aromatic nitrogens is 2. The van der Waals surface area contributed by atoms with E-state index in [0.717, 1.165) is 35.3 Å². The molecule has 1 unspecified atom stereocenters. The number of benzene rings is 2. The number of rotatable bonds is 7. The molecule has 0 aliphatic carbocycles. The molecule has 0 radical (unpaired) electrons. The zero-order valence-corrected chi connectivity index (χ0v) is 15.3. The number of halogens is 1. The molecule has 0 fully saturated rings. The maximum atomic E-state index is 10.5. The zero-order chi connectivity index (χ0) is 17.8. The van der Waals surface area contributed by atoms with E-state index in [0.29, 0.717) is 17.3 Å². The second-order valence-electron chi connectivity index (χ2n) is 6.28. The number of para-hydroxylation sites is 2. The first kappa shape index (κ1) is 17.8. The van der Waals surface area contributed by atoms with Crippen LogP contribution in [0.2, 0.25) is 5.02 Å². The minimum Gasteiger partial charge on any atom is -0.489 e. The molecule has 0 saturated heterocycles. The van der Waals surface area contributed by atoms with Crippen molar-refractivity contribution in [3.8, 4) is 5.75 Å². The lowest BCUT2D eigenvalue weighted by Gasteiger charge is -2.16. The number of ether oxygens (including phenoxy) is 1. The summed E-state index contributed by atoms with van der Waals surface area (Å²) in [7, 11) is 0. The molecular formula is C20H23ClN2O2. The van der Waals surface area contributed by atoms with Crippen LogP contribution in [0.4, 0.5) is 0 Å². The van der Waals surface area contributed by atoms with Gasteiger partial charge in [0.05, 0.1) is 22.6 Å². The number of aliphatic hydroxyl groups is 1. The highest BCUT2D eigenvalue weighted by atomic mass is 35.5. The highest BCUT2D eigenvalue weighted by Crippen LogP contribution is 2.25. The quantitative estimate of drug-likeness (QED) is 0.681. The van der Waals surface area contributed by atoms with Gasteiger partial charge in [0.15, 0.2) is 0 Å². The third kappa shape index (κ3) is 4.14. The fourth-order valence-electron chi connectivity index (χ4n) is 2.91. The maximum Gasteiger partial charge on any atom is 0.138 e. The van der Waals surface area contributed by atoms with Gasteiger partial charge >= 0.3 is 0 Å².